The monoisotopic (exact) mass is 127 g/mol. The van der Waals surface area contributed by atoms with Gasteiger partial charge in [0.2, 0.25) is 0 Å². The van der Waals surface area contributed by atoms with Crippen molar-refractivity contribution in [2.45, 2.75) is 6.92 Å². The first-order chi connectivity index (χ1) is 4.22. The average molecular weight is 127 g/mol. The summed E-state index contributed by atoms with van der Waals surface area (Å²) in [5.74, 6) is -0.755. The molecule has 0 N–H and O–H groups in total. The van der Waals surface area contributed by atoms with Gasteiger partial charge in [0.15, 0.2) is 5.69 Å². The minimum atomic E-state index is -0.755. The molecule has 1 aromatic rings. The molecular formula is C6H6FNO. The topological polar surface area (TPSA) is 26.9 Å². The number of pyridine rings is 1. The Balaban J connectivity index is 3.25. The van der Waals surface area contributed by atoms with Gasteiger partial charge in [-0.2, -0.15) is 0 Å². The smallest absolute Gasteiger partial charge is 0.371 e. The van der Waals surface area contributed by atoms with Gasteiger partial charge in [0.05, 0.1) is 0 Å². The lowest BCUT2D eigenvalue weighted by atomic mass is 10.4. The summed E-state index contributed by atoms with van der Waals surface area (Å²) in [5, 5.41) is 10.5. The summed E-state index contributed by atoms with van der Waals surface area (Å²) >= 11 is 0. The van der Waals surface area contributed by atoms with Gasteiger partial charge in [0, 0.05) is 19.1 Å². The number of nitrogens with zero attached hydrogens (tertiary/aromatic N) is 1. The van der Waals surface area contributed by atoms with E-state index in [1.165, 1.54) is 6.07 Å². The van der Waals surface area contributed by atoms with Crippen molar-refractivity contribution in [3.05, 3.63) is 35.0 Å². The second-order valence-corrected chi connectivity index (χ2v) is 1.78. The fourth-order valence-corrected chi connectivity index (χ4v) is 0.571. The zero-order valence-corrected chi connectivity index (χ0v) is 4.97. The van der Waals surface area contributed by atoms with Crippen LogP contribution in [0.25, 0.3) is 0 Å². The van der Waals surface area contributed by atoms with E-state index in [0.29, 0.717) is 5.69 Å². The van der Waals surface area contributed by atoms with Crippen molar-refractivity contribution in [1.82, 2.24) is 0 Å². The predicted octanol–water partition coefficient (Wildman–Crippen LogP) is 0.768. The summed E-state index contributed by atoms with van der Waals surface area (Å²) in [6.45, 7) is 1.55. The Labute approximate surface area is 52.1 Å². The highest BCUT2D eigenvalue weighted by Gasteiger charge is 2.02. The molecule has 48 valence electrons. The van der Waals surface area contributed by atoms with E-state index >= 15 is 0 Å². The van der Waals surface area contributed by atoms with Gasteiger partial charge in [-0.25, -0.2) is 0 Å². The molecule has 0 saturated heterocycles. The molecule has 0 spiro atoms. The molecule has 2 nitrogen and oxygen atoms in total. The molecule has 0 aliphatic rings. The molecule has 3 heteroatoms. The highest BCUT2D eigenvalue weighted by molar-refractivity contribution is 4.95. The molecule has 9 heavy (non-hydrogen) atoms. The highest BCUT2D eigenvalue weighted by atomic mass is 19.1. The van der Waals surface area contributed by atoms with Gasteiger partial charge < -0.3 is 5.21 Å². The molecule has 0 unspecified atom stereocenters. The summed E-state index contributed by atoms with van der Waals surface area (Å²) in [4.78, 5) is 0. The predicted molar refractivity (Wildman–Crippen MR) is 30.1 cm³/mol. The normalized spacial score (nSPS) is 9.56. The van der Waals surface area contributed by atoms with Crippen LogP contribution in [0.15, 0.2) is 18.2 Å². The molecule has 0 amide bonds. The highest BCUT2D eigenvalue weighted by Crippen LogP contribution is 1.91. The molecule has 0 aliphatic carbocycles. The fraction of sp³-hybridized carbons (Fsp3) is 0.167. The number of hydrogen-bond acceptors (Lipinski definition) is 1. The van der Waals surface area contributed by atoms with Gasteiger partial charge in [-0.3, -0.25) is 0 Å². The molecule has 0 saturated carbocycles. The lowest BCUT2D eigenvalue weighted by Crippen LogP contribution is -2.34. The molecule has 1 aromatic heterocycles. The third-order valence-corrected chi connectivity index (χ3v) is 1.09. The molecule has 0 aromatic carbocycles. The van der Waals surface area contributed by atoms with Crippen molar-refractivity contribution in [2.75, 3.05) is 0 Å². The van der Waals surface area contributed by atoms with Gasteiger partial charge in [-0.1, -0.05) is 0 Å². The quantitative estimate of drug-likeness (QED) is 0.287. The Morgan fingerprint density at radius 3 is 2.67 bits per heavy atom. The first-order valence-corrected chi connectivity index (χ1v) is 2.56. The summed E-state index contributed by atoms with van der Waals surface area (Å²) in [6, 6.07) is 4.18. The maximum Gasteiger partial charge on any atom is 0.371 e. The van der Waals surface area contributed by atoms with Crippen LogP contribution in [0.5, 0.6) is 0 Å². The fourth-order valence-electron chi connectivity index (χ4n) is 0.571. The average Bonchev–Trinajstić information content (AvgIpc) is 1.83. The summed E-state index contributed by atoms with van der Waals surface area (Å²) in [5.41, 5.74) is 0.370. The third kappa shape index (κ3) is 0.988. The van der Waals surface area contributed by atoms with E-state index in [9.17, 15) is 9.60 Å². The number of aryl methyl sites for hydroxylation is 1. The van der Waals surface area contributed by atoms with E-state index in [2.05, 4.69) is 0 Å². The van der Waals surface area contributed by atoms with Crippen LogP contribution in [0.3, 0.4) is 0 Å². The van der Waals surface area contributed by atoms with Crippen molar-refractivity contribution >= 4 is 0 Å². The van der Waals surface area contributed by atoms with Crippen molar-refractivity contribution in [3.8, 4) is 0 Å². The molecule has 0 aliphatic heterocycles. The van der Waals surface area contributed by atoms with Crippen LogP contribution in [0.2, 0.25) is 0 Å². The van der Waals surface area contributed by atoms with Crippen molar-refractivity contribution in [1.29, 1.82) is 0 Å². The number of halogens is 1. The van der Waals surface area contributed by atoms with Gasteiger partial charge >= 0.3 is 5.95 Å². The lowest BCUT2D eigenvalue weighted by molar-refractivity contribution is -0.643. The van der Waals surface area contributed by atoms with Gasteiger partial charge in [-0.15, -0.1) is 9.12 Å². The van der Waals surface area contributed by atoms with Crippen LogP contribution in [0, 0.1) is 18.1 Å². The summed E-state index contributed by atoms with van der Waals surface area (Å²) < 4.78 is 12.5. The first-order valence-electron chi connectivity index (χ1n) is 2.56. The maximum absolute atomic E-state index is 12.2. The third-order valence-electron chi connectivity index (χ3n) is 1.09. The molecule has 0 atom stereocenters. The Hall–Kier alpha value is -1.12. The Kier molecular flexibility index (Phi) is 1.34. The molecule has 1 rings (SSSR count). The number of rotatable bonds is 0. The zero-order chi connectivity index (χ0) is 6.85. The van der Waals surface area contributed by atoms with Crippen LogP contribution >= 0.6 is 0 Å². The molecule has 0 radical (unpaired) electrons. The van der Waals surface area contributed by atoms with Gasteiger partial charge in [0.1, 0.15) is 0 Å². The van der Waals surface area contributed by atoms with Crippen LogP contribution in [0.4, 0.5) is 4.39 Å². The Bertz CT molecular complexity index is 204. The van der Waals surface area contributed by atoms with E-state index in [0.717, 1.165) is 6.07 Å². The lowest BCUT2D eigenvalue weighted by Gasteiger charge is -1.97. The second-order valence-electron chi connectivity index (χ2n) is 1.78. The SMILES string of the molecule is Cc1cccc(F)[n+]1[O-]. The molecule has 1 heterocycles. The molecule has 0 fully saturated rings. The molecular weight excluding hydrogens is 121 g/mol. The largest absolute Gasteiger partial charge is 0.616 e. The van der Waals surface area contributed by atoms with Gasteiger partial charge in [0.25, 0.3) is 0 Å². The van der Waals surface area contributed by atoms with Gasteiger partial charge in [-0.05, 0) is 6.07 Å². The van der Waals surface area contributed by atoms with Crippen LogP contribution < -0.4 is 4.73 Å². The second kappa shape index (κ2) is 2.01. The minimum absolute atomic E-state index is 0.250. The van der Waals surface area contributed by atoms with Crippen molar-refractivity contribution in [3.63, 3.8) is 0 Å². The van der Waals surface area contributed by atoms with Crippen LogP contribution in [-0.2, 0) is 0 Å². The van der Waals surface area contributed by atoms with Crippen molar-refractivity contribution in [2.24, 2.45) is 0 Å². The van der Waals surface area contributed by atoms with E-state index in [1.54, 1.807) is 13.0 Å². The summed E-state index contributed by atoms with van der Waals surface area (Å²) in [7, 11) is 0. The maximum atomic E-state index is 12.2. The molecule has 0 bridgehead atoms. The van der Waals surface area contributed by atoms with E-state index in [4.69, 9.17) is 0 Å². The Morgan fingerprint density at radius 1 is 1.56 bits per heavy atom. The number of aromatic nitrogens is 1. The van der Waals surface area contributed by atoms with E-state index in [1.807, 2.05) is 0 Å². The van der Waals surface area contributed by atoms with Crippen molar-refractivity contribution < 1.29 is 9.12 Å². The first kappa shape index (κ1) is 6.01. The van der Waals surface area contributed by atoms with Crippen LogP contribution in [-0.4, -0.2) is 0 Å². The summed E-state index contributed by atoms with van der Waals surface area (Å²) in [6.07, 6.45) is 0. The van der Waals surface area contributed by atoms with E-state index < -0.39 is 5.95 Å². The van der Waals surface area contributed by atoms with E-state index in [-0.39, 0.29) is 4.73 Å². The standard InChI is InChI=1S/C6H6FNO/c1-5-3-2-4-6(7)8(5)9/h2-4H,1H3. The zero-order valence-electron chi connectivity index (χ0n) is 4.97. The van der Waals surface area contributed by atoms with Crippen LogP contribution in [0.1, 0.15) is 5.69 Å². The number of hydrogen-bond donors (Lipinski definition) is 0. The minimum Gasteiger partial charge on any atom is -0.616 e. The Morgan fingerprint density at radius 2 is 2.22 bits per heavy atom.